The average molecular weight is 835 g/mol. The van der Waals surface area contributed by atoms with Crippen LogP contribution in [0.25, 0.3) is 54.9 Å². The van der Waals surface area contributed by atoms with Crippen molar-refractivity contribution in [1.29, 1.82) is 0 Å². The van der Waals surface area contributed by atoms with Gasteiger partial charge in [0.2, 0.25) is 0 Å². The second-order valence-electron chi connectivity index (χ2n) is 18.3. The molecule has 0 unspecified atom stereocenters. The zero-order valence-corrected chi connectivity index (χ0v) is 36.0. The molecule has 0 saturated carbocycles. The molecule has 1 spiro atoms. The van der Waals surface area contributed by atoms with Crippen molar-refractivity contribution in [3.63, 3.8) is 0 Å². The van der Waals surface area contributed by atoms with Crippen molar-refractivity contribution in [3.8, 4) is 33.4 Å². The Morgan fingerprint density at radius 2 is 0.758 bits per heavy atom. The van der Waals surface area contributed by atoms with Crippen LogP contribution in [0.4, 0.5) is 34.1 Å². The van der Waals surface area contributed by atoms with Crippen molar-refractivity contribution in [2.24, 2.45) is 0 Å². The van der Waals surface area contributed by atoms with Crippen LogP contribution < -0.4 is 26.2 Å². The van der Waals surface area contributed by atoms with E-state index in [1.807, 2.05) is 0 Å². The highest BCUT2D eigenvalue weighted by molar-refractivity contribution is 7.00. The molecule has 4 aliphatic rings. The third kappa shape index (κ3) is 4.56. The van der Waals surface area contributed by atoms with E-state index in [4.69, 9.17) is 0 Å². The maximum Gasteiger partial charge on any atom is 0.252 e. The maximum absolute atomic E-state index is 2.58. The predicted octanol–water partition coefficient (Wildman–Crippen LogP) is 14.1. The van der Waals surface area contributed by atoms with Crippen LogP contribution in [0.1, 0.15) is 22.3 Å². The van der Waals surface area contributed by atoms with E-state index in [2.05, 4.69) is 246 Å². The number of rotatable bonds is 3. The minimum absolute atomic E-state index is 0.0137. The highest BCUT2D eigenvalue weighted by atomic mass is 15.2. The number of para-hydroxylation sites is 2. The van der Waals surface area contributed by atoms with Gasteiger partial charge in [-0.1, -0.05) is 200 Å². The molecule has 0 atom stereocenters. The molecular weight excluding hydrogens is 796 g/mol. The van der Waals surface area contributed by atoms with Gasteiger partial charge in [0, 0.05) is 44.9 Å². The highest BCUT2D eigenvalue weighted by Crippen LogP contribution is 2.64. The van der Waals surface area contributed by atoms with E-state index in [-0.39, 0.29) is 6.71 Å². The van der Waals surface area contributed by atoms with E-state index in [9.17, 15) is 0 Å². The number of anilines is 6. The lowest BCUT2D eigenvalue weighted by Crippen LogP contribution is -2.61. The molecule has 66 heavy (non-hydrogen) atoms. The fourth-order valence-electron chi connectivity index (χ4n) is 12.7. The quantitative estimate of drug-likeness (QED) is 0.164. The second-order valence-corrected chi connectivity index (χ2v) is 18.3. The van der Waals surface area contributed by atoms with Gasteiger partial charge in [-0.2, -0.15) is 0 Å². The summed E-state index contributed by atoms with van der Waals surface area (Å²) < 4.78 is 0. The first-order chi connectivity index (χ1) is 32.8. The Hall–Kier alpha value is -8.40. The fourth-order valence-corrected chi connectivity index (χ4v) is 12.7. The first-order valence-corrected chi connectivity index (χ1v) is 23.1. The van der Waals surface area contributed by atoms with Crippen molar-refractivity contribution in [1.82, 2.24) is 0 Å². The van der Waals surface area contributed by atoms with Crippen molar-refractivity contribution >= 4 is 78.8 Å². The highest BCUT2D eigenvalue weighted by Gasteiger charge is 2.52. The molecule has 0 bridgehead atoms. The SMILES string of the molecule is c1ccc(N2c3cc(-c4cccc5c4-c4ccccc4C54c5ccccc5-c5ccccc54)cc4c3B(c3ccc5ccccc5c32)c2ccc3ccccc3c2N4c2ccccc2)cc1. The topological polar surface area (TPSA) is 6.48 Å². The zero-order chi connectivity index (χ0) is 43.1. The monoisotopic (exact) mass is 834 g/mol. The third-order valence-corrected chi connectivity index (χ3v) is 15.2. The molecule has 2 aliphatic carbocycles. The van der Waals surface area contributed by atoms with Gasteiger partial charge >= 0.3 is 0 Å². The van der Waals surface area contributed by atoms with E-state index >= 15 is 0 Å². The molecule has 3 heteroatoms. The van der Waals surface area contributed by atoms with Crippen LogP contribution in [0.3, 0.4) is 0 Å². The van der Waals surface area contributed by atoms with E-state index in [1.54, 1.807) is 0 Å². The number of hydrogen-bond acceptors (Lipinski definition) is 2. The van der Waals surface area contributed by atoms with Crippen LogP contribution in [0.15, 0.2) is 237 Å². The van der Waals surface area contributed by atoms with Crippen molar-refractivity contribution in [2.75, 3.05) is 9.80 Å². The van der Waals surface area contributed by atoms with E-state index in [0.29, 0.717) is 0 Å². The molecule has 0 radical (unpaired) electrons. The molecule has 2 nitrogen and oxygen atoms in total. The summed E-state index contributed by atoms with van der Waals surface area (Å²) in [5, 5.41) is 4.97. The fraction of sp³-hybridized carbons (Fsp3) is 0.0159. The molecule has 11 aromatic rings. The van der Waals surface area contributed by atoms with Crippen molar-refractivity contribution < 1.29 is 0 Å². The summed E-state index contributed by atoms with van der Waals surface area (Å²) in [7, 11) is 0. The predicted molar refractivity (Wildman–Crippen MR) is 277 cm³/mol. The zero-order valence-electron chi connectivity index (χ0n) is 36.0. The molecule has 15 rings (SSSR count). The minimum atomic E-state index is -0.440. The van der Waals surface area contributed by atoms with E-state index in [1.165, 1.54) is 116 Å². The number of hydrogen-bond donors (Lipinski definition) is 0. The molecule has 0 saturated heterocycles. The molecule has 11 aromatic carbocycles. The first kappa shape index (κ1) is 36.0. The summed E-state index contributed by atoms with van der Waals surface area (Å²) in [6.45, 7) is -0.0137. The number of benzene rings is 11. The van der Waals surface area contributed by atoms with Crippen LogP contribution in [-0.2, 0) is 5.41 Å². The van der Waals surface area contributed by atoms with Gasteiger partial charge in [-0.05, 0) is 119 Å². The van der Waals surface area contributed by atoms with Crippen LogP contribution in [0, 0.1) is 0 Å². The lowest BCUT2D eigenvalue weighted by atomic mass is 9.33. The smallest absolute Gasteiger partial charge is 0.252 e. The Balaban J connectivity index is 1.10. The van der Waals surface area contributed by atoms with Gasteiger partial charge < -0.3 is 9.80 Å². The molecule has 0 aromatic heterocycles. The van der Waals surface area contributed by atoms with Gasteiger partial charge in [0.25, 0.3) is 6.71 Å². The summed E-state index contributed by atoms with van der Waals surface area (Å²) in [6, 6.07) is 89.0. The lowest BCUT2D eigenvalue weighted by molar-refractivity contribution is 0.794. The van der Waals surface area contributed by atoms with Gasteiger partial charge in [-0.3, -0.25) is 0 Å². The summed E-state index contributed by atoms with van der Waals surface area (Å²) >= 11 is 0. The standard InChI is InChI=1S/C63H39BN2/c1-3-20-43(21-4-1)65-57-38-42(45-29-17-33-54-59(45)50-28-13-16-32-53(50)63(54)51-30-14-11-26-48(51)49-27-12-15-31-52(49)63)39-58-60(57)64(55-36-34-40-18-7-9-24-46(40)61(55)65)56-37-35-41-19-8-10-25-47(41)62(56)66(58)44-22-5-2-6-23-44/h1-39H. The van der Waals surface area contributed by atoms with Gasteiger partial charge in [0.15, 0.2) is 0 Å². The van der Waals surface area contributed by atoms with E-state index < -0.39 is 5.41 Å². The minimum Gasteiger partial charge on any atom is -0.311 e. The Morgan fingerprint density at radius 3 is 1.30 bits per heavy atom. The summed E-state index contributed by atoms with van der Waals surface area (Å²) in [5.41, 5.74) is 23.8. The second kappa shape index (κ2) is 13.3. The molecule has 2 heterocycles. The van der Waals surface area contributed by atoms with Crippen molar-refractivity contribution in [2.45, 2.75) is 5.41 Å². The summed E-state index contributed by atoms with van der Waals surface area (Å²) in [4.78, 5) is 5.15. The van der Waals surface area contributed by atoms with Crippen LogP contribution in [0.5, 0.6) is 0 Å². The molecular formula is C63H39BN2. The lowest BCUT2D eigenvalue weighted by Gasteiger charge is -2.45. The third-order valence-electron chi connectivity index (χ3n) is 15.2. The molecule has 304 valence electrons. The van der Waals surface area contributed by atoms with Gasteiger partial charge in [0.1, 0.15) is 0 Å². The molecule has 0 amide bonds. The van der Waals surface area contributed by atoms with Gasteiger partial charge in [0.05, 0.1) is 5.41 Å². The summed E-state index contributed by atoms with van der Waals surface area (Å²) in [5.74, 6) is 0. The Labute approximate surface area is 384 Å². The number of nitrogens with zero attached hydrogens (tertiary/aromatic N) is 2. The van der Waals surface area contributed by atoms with Crippen molar-refractivity contribution in [3.05, 3.63) is 259 Å². The molecule has 0 N–H and O–H groups in total. The Morgan fingerprint density at radius 1 is 0.333 bits per heavy atom. The molecule has 2 aliphatic heterocycles. The normalized spacial score (nSPS) is 14.1. The first-order valence-electron chi connectivity index (χ1n) is 23.1. The Bertz CT molecular complexity index is 3660. The van der Waals surface area contributed by atoms with Crippen LogP contribution in [-0.4, -0.2) is 6.71 Å². The Kier molecular flexibility index (Phi) is 7.27. The van der Waals surface area contributed by atoms with Crippen LogP contribution >= 0.6 is 0 Å². The maximum atomic E-state index is 2.58. The van der Waals surface area contributed by atoms with Crippen LogP contribution in [0.2, 0.25) is 0 Å². The largest absolute Gasteiger partial charge is 0.311 e. The van der Waals surface area contributed by atoms with Gasteiger partial charge in [-0.25, -0.2) is 0 Å². The average Bonchev–Trinajstić information content (AvgIpc) is 3.86. The van der Waals surface area contributed by atoms with Gasteiger partial charge in [-0.15, -0.1) is 0 Å². The summed E-state index contributed by atoms with van der Waals surface area (Å²) in [6.07, 6.45) is 0. The number of fused-ring (bicyclic) bond motifs is 18. The van der Waals surface area contributed by atoms with E-state index in [0.717, 1.165) is 11.4 Å². The molecule has 0 fully saturated rings.